The Morgan fingerprint density at radius 1 is 0.875 bits per heavy atom. The quantitative estimate of drug-likeness (QED) is 0.696. The van der Waals surface area contributed by atoms with Gasteiger partial charge in [-0.3, -0.25) is 0 Å². The molecule has 0 radical (unpaired) electrons. The van der Waals surface area contributed by atoms with E-state index in [-0.39, 0.29) is 0 Å². The maximum atomic E-state index is 3.04. The number of nitrogens with one attached hydrogen (secondary N) is 1. The number of nitrogens with zero attached hydrogens (tertiary/aromatic N) is 1. The van der Waals surface area contributed by atoms with Crippen LogP contribution >= 0.6 is 0 Å². The van der Waals surface area contributed by atoms with E-state index >= 15 is 0 Å². The number of dihydropyridines is 1. The number of hydrogen-bond donors (Lipinski definition) is 1. The van der Waals surface area contributed by atoms with Crippen molar-refractivity contribution in [1.82, 2.24) is 9.88 Å². The summed E-state index contributed by atoms with van der Waals surface area (Å²) in [6, 6.07) is 0. The van der Waals surface area contributed by atoms with E-state index in [1.54, 1.807) is 0 Å². The maximum absolute atomic E-state index is 3.04. The predicted octanol–water partition coefficient (Wildman–Crippen LogP) is 3.09. The van der Waals surface area contributed by atoms with Crippen LogP contribution in [0.2, 0.25) is 19.6 Å². The Hall–Kier alpha value is -1.48. The second-order valence-corrected chi connectivity index (χ2v) is 9.81. The molecule has 1 N–H and O–H groups in total. The van der Waals surface area contributed by atoms with Gasteiger partial charge in [0.1, 0.15) is 0 Å². The standard InChI is InChI=1S/C13H18N2Si/c1-16(2,3)15-10-6-13(7-11-15)12-4-8-14-9-5-12/h4-11,14H,1-3H3. The zero-order valence-electron chi connectivity index (χ0n) is 10.1. The van der Waals surface area contributed by atoms with Crippen LogP contribution in [-0.4, -0.2) is 12.8 Å². The normalized spacial score (nSPS) is 19.3. The molecule has 84 valence electrons. The lowest BCUT2D eigenvalue weighted by Crippen LogP contribution is -2.38. The lowest BCUT2D eigenvalue weighted by atomic mass is 10.1. The van der Waals surface area contributed by atoms with Gasteiger partial charge in [0.05, 0.1) is 0 Å². The second-order valence-electron chi connectivity index (χ2n) is 4.95. The van der Waals surface area contributed by atoms with Crippen LogP contribution < -0.4 is 5.32 Å². The first-order valence-corrected chi connectivity index (χ1v) is 9.00. The van der Waals surface area contributed by atoms with Gasteiger partial charge in [0.15, 0.2) is 8.24 Å². The van der Waals surface area contributed by atoms with Crippen molar-refractivity contribution in [3.05, 3.63) is 60.3 Å². The van der Waals surface area contributed by atoms with Crippen LogP contribution in [0.3, 0.4) is 0 Å². The van der Waals surface area contributed by atoms with E-state index in [1.165, 1.54) is 11.1 Å². The van der Waals surface area contributed by atoms with Crippen molar-refractivity contribution in [3.8, 4) is 0 Å². The fourth-order valence-corrected chi connectivity index (χ4v) is 2.69. The van der Waals surface area contributed by atoms with Gasteiger partial charge in [-0.15, -0.1) is 0 Å². The van der Waals surface area contributed by atoms with Gasteiger partial charge in [0, 0.05) is 12.4 Å². The Morgan fingerprint density at radius 2 is 1.38 bits per heavy atom. The Labute approximate surface area is 98.4 Å². The molecule has 2 aliphatic heterocycles. The molecule has 2 nitrogen and oxygen atoms in total. The highest BCUT2D eigenvalue weighted by Gasteiger charge is 2.20. The molecule has 2 aliphatic rings. The van der Waals surface area contributed by atoms with Gasteiger partial charge >= 0.3 is 0 Å². The molecule has 16 heavy (non-hydrogen) atoms. The number of hydrogen-bond acceptors (Lipinski definition) is 2. The molecular formula is C13H18N2Si. The molecule has 0 saturated heterocycles. The van der Waals surface area contributed by atoms with Crippen LogP contribution in [0, 0.1) is 0 Å². The zero-order chi connectivity index (χ0) is 11.6. The topological polar surface area (TPSA) is 15.3 Å². The number of allylic oxidation sites excluding steroid dienone is 6. The van der Waals surface area contributed by atoms with Crippen LogP contribution in [0.5, 0.6) is 0 Å². The average molecular weight is 230 g/mol. The van der Waals surface area contributed by atoms with Crippen molar-refractivity contribution >= 4 is 8.24 Å². The van der Waals surface area contributed by atoms with Gasteiger partial charge in [0.25, 0.3) is 0 Å². The minimum absolute atomic E-state index is 1.25. The lowest BCUT2D eigenvalue weighted by Gasteiger charge is -2.31. The summed E-state index contributed by atoms with van der Waals surface area (Å²) in [6.45, 7) is 7.01. The van der Waals surface area contributed by atoms with E-state index in [0.717, 1.165) is 0 Å². The zero-order valence-corrected chi connectivity index (χ0v) is 11.1. The molecule has 0 aromatic carbocycles. The van der Waals surface area contributed by atoms with E-state index in [0.29, 0.717) is 0 Å². The molecule has 0 aromatic heterocycles. The van der Waals surface area contributed by atoms with Crippen LogP contribution in [0.25, 0.3) is 0 Å². The smallest absolute Gasteiger partial charge is 0.152 e. The van der Waals surface area contributed by atoms with E-state index in [9.17, 15) is 0 Å². The van der Waals surface area contributed by atoms with Crippen LogP contribution in [-0.2, 0) is 0 Å². The summed E-state index contributed by atoms with van der Waals surface area (Å²) in [5, 5.41) is 3.04. The van der Waals surface area contributed by atoms with Gasteiger partial charge in [-0.2, -0.15) is 0 Å². The largest absolute Gasteiger partial charge is 0.381 e. The summed E-state index contributed by atoms with van der Waals surface area (Å²) < 4.78 is 2.35. The second kappa shape index (κ2) is 4.18. The summed E-state index contributed by atoms with van der Waals surface area (Å²) in [5.74, 6) is 0. The van der Waals surface area contributed by atoms with Crippen molar-refractivity contribution in [2.75, 3.05) is 0 Å². The van der Waals surface area contributed by atoms with Crippen molar-refractivity contribution in [1.29, 1.82) is 0 Å². The van der Waals surface area contributed by atoms with Crippen molar-refractivity contribution in [3.63, 3.8) is 0 Å². The fourth-order valence-electron chi connectivity index (χ4n) is 1.65. The van der Waals surface area contributed by atoms with E-state index in [4.69, 9.17) is 0 Å². The third-order valence-corrected chi connectivity index (χ3v) is 4.50. The molecule has 0 atom stereocenters. The first-order valence-electron chi connectivity index (χ1n) is 5.56. The highest BCUT2D eigenvalue weighted by molar-refractivity contribution is 6.73. The van der Waals surface area contributed by atoms with Crippen LogP contribution in [0.1, 0.15) is 0 Å². The molecule has 2 rings (SSSR count). The first-order chi connectivity index (χ1) is 7.57. The van der Waals surface area contributed by atoms with Gasteiger partial charge in [-0.25, -0.2) is 0 Å². The van der Waals surface area contributed by atoms with E-state index < -0.39 is 8.24 Å². The first kappa shape index (κ1) is 11.0. The van der Waals surface area contributed by atoms with Crippen molar-refractivity contribution in [2.24, 2.45) is 0 Å². The number of rotatable bonds is 1. The fraction of sp³-hybridized carbons (Fsp3) is 0.231. The Balaban J connectivity index is 2.21. The summed E-state index contributed by atoms with van der Waals surface area (Å²) >= 11 is 0. The summed E-state index contributed by atoms with van der Waals surface area (Å²) in [5.41, 5.74) is 2.52. The molecule has 0 amide bonds. The van der Waals surface area contributed by atoms with Gasteiger partial charge in [-0.1, -0.05) is 19.6 Å². The SMILES string of the molecule is C[Si](C)(C)N1C=CC(=C2C=CNC=C2)C=C1. The van der Waals surface area contributed by atoms with Gasteiger partial charge in [0.2, 0.25) is 0 Å². The summed E-state index contributed by atoms with van der Waals surface area (Å²) in [7, 11) is -1.25. The molecule has 0 bridgehead atoms. The Kier molecular flexibility index (Phi) is 2.88. The van der Waals surface area contributed by atoms with E-state index in [1.807, 2.05) is 12.4 Å². The predicted molar refractivity (Wildman–Crippen MR) is 71.9 cm³/mol. The molecule has 2 heterocycles. The summed E-state index contributed by atoms with van der Waals surface area (Å²) in [6.07, 6.45) is 16.9. The Morgan fingerprint density at radius 3 is 1.88 bits per heavy atom. The third kappa shape index (κ3) is 2.36. The van der Waals surface area contributed by atoms with Crippen molar-refractivity contribution in [2.45, 2.75) is 19.6 Å². The molecule has 0 unspecified atom stereocenters. The maximum Gasteiger partial charge on any atom is 0.152 e. The van der Waals surface area contributed by atoms with Gasteiger partial charge in [-0.05, 0) is 47.9 Å². The third-order valence-electron chi connectivity index (χ3n) is 2.66. The van der Waals surface area contributed by atoms with Crippen LogP contribution in [0.15, 0.2) is 60.3 Å². The molecule has 0 saturated carbocycles. The molecule has 0 aliphatic carbocycles. The molecule has 3 heteroatoms. The van der Waals surface area contributed by atoms with E-state index in [2.05, 4.69) is 66.2 Å². The monoisotopic (exact) mass is 230 g/mol. The molecular weight excluding hydrogens is 212 g/mol. The summed E-state index contributed by atoms with van der Waals surface area (Å²) in [4.78, 5) is 0. The van der Waals surface area contributed by atoms with Crippen LogP contribution in [0.4, 0.5) is 0 Å². The van der Waals surface area contributed by atoms with Gasteiger partial charge < -0.3 is 9.88 Å². The average Bonchev–Trinajstić information content (AvgIpc) is 2.29. The minimum atomic E-state index is -1.25. The lowest BCUT2D eigenvalue weighted by molar-refractivity contribution is 0.753. The highest BCUT2D eigenvalue weighted by atomic mass is 28.3. The molecule has 0 fully saturated rings. The highest BCUT2D eigenvalue weighted by Crippen LogP contribution is 2.20. The van der Waals surface area contributed by atoms with Crippen molar-refractivity contribution < 1.29 is 0 Å². The minimum Gasteiger partial charge on any atom is -0.381 e. The molecule has 0 aromatic rings. The Bertz CT molecular complexity index is 390. The molecule has 0 spiro atoms.